The Morgan fingerprint density at radius 3 is 2.45 bits per heavy atom. The van der Waals surface area contributed by atoms with E-state index in [2.05, 4.69) is 10.1 Å². The number of carbonyl (C=O) groups is 3. The molecule has 8 nitrogen and oxygen atoms in total. The highest BCUT2D eigenvalue weighted by molar-refractivity contribution is 6.25. The number of Topliss-reactive ketones (excluding diaryl/α,β-unsaturated/α-hetero) is 1. The zero-order valence-electron chi connectivity index (χ0n) is 13.1. The summed E-state index contributed by atoms with van der Waals surface area (Å²) < 4.78 is 5.38. The van der Waals surface area contributed by atoms with Crippen LogP contribution in [0.1, 0.15) is 40.0 Å². The highest BCUT2D eigenvalue weighted by Gasteiger charge is 2.29. The maximum absolute atomic E-state index is 12.2. The summed E-state index contributed by atoms with van der Waals surface area (Å²) in [7, 11) is 0. The van der Waals surface area contributed by atoms with E-state index in [0.717, 1.165) is 0 Å². The molecule has 0 aliphatic rings. The summed E-state index contributed by atoms with van der Waals surface area (Å²) >= 11 is 0. The SMILES string of the molecule is CCO[C@H](C(=O)NC(CCC(=O)C=[N+]=[N-])C(=O)O)[C@H](C)CC. The molecule has 1 unspecified atom stereocenters. The Morgan fingerprint density at radius 1 is 1.36 bits per heavy atom. The number of ether oxygens (including phenoxy) is 1. The van der Waals surface area contributed by atoms with Gasteiger partial charge < -0.3 is 20.7 Å². The van der Waals surface area contributed by atoms with Gasteiger partial charge in [-0.2, -0.15) is 4.79 Å². The monoisotopic (exact) mass is 313 g/mol. The predicted molar refractivity (Wildman–Crippen MR) is 78.4 cm³/mol. The third-order valence-corrected chi connectivity index (χ3v) is 3.26. The molecule has 0 saturated carbocycles. The van der Waals surface area contributed by atoms with Gasteiger partial charge in [-0.25, -0.2) is 4.79 Å². The van der Waals surface area contributed by atoms with E-state index in [-0.39, 0.29) is 18.8 Å². The number of hydrogen-bond donors (Lipinski definition) is 2. The molecular weight excluding hydrogens is 290 g/mol. The first-order chi connectivity index (χ1) is 10.4. The summed E-state index contributed by atoms with van der Waals surface area (Å²) in [5.41, 5.74) is 8.22. The number of nitrogens with one attached hydrogen (secondary N) is 1. The smallest absolute Gasteiger partial charge is 0.326 e. The molecule has 1 amide bonds. The second kappa shape index (κ2) is 10.6. The quantitative estimate of drug-likeness (QED) is 0.329. The first kappa shape index (κ1) is 19.9. The number of aliphatic carboxylic acids is 1. The fourth-order valence-electron chi connectivity index (χ4n) is 1.82. The van der Waals surface area contributed by atoms with Crippen LogP contribution in [0.2, 0.25) is 0 Å². The van der Waals surface area contributed by atoms with Gasteiger partial charge >= 0.3 is 12.2 Å². The van der Waals surface area contributed by atoms with Gasteiger partial charge in [0.1, 0.15) is 12.1 Å². The third-order valence-electron chi connectivity index (χ3n) is 3.26. The lowest BCUT2D eigenvalue weighted by molar-refractivity contribution is -0.145. The summed E-state index contributed by atoms with van der Waals surface area (Å²) in [5.74, 6) is -2.32. The molecule has 8 heteroatoms. The van der Waals surface area contributed by atoms with Crippen molar-refractivity contribution in [1.82, 2.24) is 5.32 Å². The van der Waals surface area contributed by atoms with Crippen molar-refractivity contribution in [3.63, 3.8) is 0 Å². The van der Waals surface area contributed by atoms with E-state index < -0.39 is 29.8 Å². The van der Waals surface area contributed by atoms with Gasteiger partial charge in [-0.1, -0.05) is 20.3 Å². The van der Waals surface area contributed by atoms with Gasteiger partial charge in [0.2, 0.25) is 11.7 Å². The molecule has 0 rings (SSSR count). The molecule has 0 fully saturated rings. The number of carboxylic acids is 1. The van der Waals surface area contributed by atoms with Crippen molar-refractivity contribution >= 4 is 23.9 Å². The number of carbonyl (C=O) groups excluding carboxylic acids is 2. The van der Waals surface area contributed by atoms with E-state index in [4.69, 9.17) is 15.4 Å². The number of rotatable bonds is 11. The highest BCUT2D eigenvalue weighted by atomic mass is 16.5. The van der Waals surface area contributed by atoms with Gasteiger partial charge in [0.05, 0.1) is 0 Å². The molecule has 2 N–H and O–H groups in total. The maximum atomic E-state index is 12.2. The van der Waals surface area contributed by atoms with E-state index >= 15 is 0 Å². The molecule has 0 saturated heterocycles. The van der Waals surface area contributed by atoms with Gasteiger partial charge in [-0.3, -0.25) is 9.59 Å². The number of amides is 1. The minimum absolute atomic E-state index is 0.0578. The maximum Gasteiger partial charge on any atom is 0.326 e. The van der Waals surface area contributed by atoms with E-state index in [1.165, 1.54) is 0 Å². The number of hydrogen-bond acceptors (Lipinski definition) is 4. The Balaban J connectivity index is 4.77. The molecule has 0 spiro atoms. The van der Waals surface area contributed by atoms with Crippen LogP contribution in [0.3, 0.4) is 0 Å². The topological polar surface area (TPSA) is 129 Å². The van der Waals surface area contributed by atoms with Crippen LogP contribution in [-0.2, 0) is 19.1 Å². The number of nitrogens with zero attached hydrogens (tertiary/aromatic N) is 2. The normalized spacial score (nSPS) is 14.3. The molecule has 22 heavy (non-hydrogen) atoms. The van der Waals surface area contributed by atoms with Crippen molar-refractivity contribution in [1.29, 1.82) is 0 Å². The Labute approximate surface area is 129 Å². The Hall–Kier alpha value is -2.05. The zero-order chi connectivity index (χ0) is 17.1. The van der Waals surface area contributed by atoms with Crippen molar-refractivity contribution in [3.8, 4) is 0 Å². The Bertz CT molecular complexity index is 446. The fraction of sp³-hybridized carbons (Fsp3) is 0.714. The summed E-state index contributed by atoms with van der Waals surface area (Å²) in [6.45, 7) is 5.85. The van der Waals surface area contributed by atoms with Crippen molar-refractivity contribution in [2.24, 2.45) is 5.92 Å². The molecule has 0 aliphatic heterocycles. The lowest BCUT2D eigenvalue weighted by Gasteiger charge is -2.24. The Kier molecular flexibility index (Phi) is 9.65. The predicted octanol–water partition coefficient (Wildman–Crippen LogP) is 0.657. The van der Waals surface area contributed by atoms with Crippen LogP contribution >= 0.6 is 0 Å². The van der Waals surface area contributed by atoms with Crippen LogP contribution in [0.15, 0.2) is 0 Å². The lowest BCUT2D eigenvalue weighted by Crippen LogP contribution is -2.48. The average Bonchev–Trinajstić information content (AvgIpc) is 2.47. The third kappa shape index (κ3) is 7.10. The fourth-order valence-corrected chi connectivity index (χ4v) is 1.82. The van der Waals surface area contributed by atoms with Crippen LogP contribution in [0.4, 0.5) is 0 Å². The van der Waals surface area contributed by atoms with E-state index in [1.54, 1.807) is 6.92 Å². The molecular formula is C14H23N3O5. The molecule has 0 aromatic rings. The molecule has 0 aromatic carbocycles. The van der Waals surface area contributed by atoms with E-state index in [9.17, 15) is 14.4 Å². The van der Waals surface area contributed by atoms with Gasteiger partial charge in [0.25, 0.3) is 0 Å². The number of ketones is 1. The minimum atomic E-state index is -1.23. The van der Waals surface area contributed by atoms with Crippen LogP contribution in [0.25, 0.3) is 5.53 Å². The molecule has 0 bridgehead atoms. The van der Waals surface area contributed by atoms with Crippen molar-refractivity contribution in [3.05, 3.63) is 5.53 Å². The second-order valence-corrected chi connectivity index (χ2v) is 4.91. The molecule has 0 aromatic heterocycles. The summed E-state index contributed by atoms with van der Waals surface area (Å²) in [6, 6.07) is -1.20. The van der Waals surface area contributed by atoms with Crippen molar-refractivity contribution in [2.75, 3.05) is 6.61 Å². The summed E-state index contributed by atoms with van der Waals surface area (Å²) in [5, 5.41) is 11.5. The van der Waals surface area contributed by atoms with Crippen LogP contribution < -0.4 is 5.32 Å². The number of carboxylic acid groups (broad SMARTS) is 1. The van der Waals surface area contributed by atoms with Crippen LogP contribution in [0.5, 0.6) is 0 Å². The van der Waals surface area contributed by atoms with Crippen molar-refractivity contribution in [2.45, 2.75) is 52.2 Å². The van der Waals surface area contributed by atoms with Crippen LogP contribution in [-0.4, -0.2) is 52.5 Å². The van der Waals surface area contributed by atoms with Crippen molar-refractivity contribution < 1.29 is 29.0 Å². The standard InChI is InChI=1S/C14H23N3O5/c1-4-9(3)12(22-5-2)13(19)17-11(14(20)21)7-6-10(18)8-16-15/h8-9,11-12H,4-7H2,1-3H3,(H,17,19)(H,20,21)/t9-,11?,12+/m1/s1. The van der Waals surface area contributed by atoms with E-state index in [0.29, 0.717) is 19.2 Å². The highest BCUT2D eigenvalue weighted by Crippen LogP contribution is 2.12. The lowest BCUT2D eigenvalue weighted by atomic mass is 10.00. The van der Waals surface area contributed by atoms with Crippen LogP contribution in [0, 0.1) is 5.92 Å². The van der Waals surface area contributed by atoms with E-state index in [1.807, 2.05) is 13.8 Å². The average molecular weight is 313 g/mol. The molecule has 0 heterocycles. The van der Waals surface area contributed by atoms with Gasteiger partial charge in [-0.05, 0) is 19.3 Å². The molecule has 0 radical (unpaired) electrons. The molecule has 0 aliphatic carbocycles. The Morgan fingerprint density at radius 2 is 2.00 bits per heavy atom. The molecule has 3 atom stereocenters. The minimum Gasteiger partial charge on any atom is -0.480 e. The first-order valence-electron chi connectivity index (χ1n) is 7.22. The first-order valence-corrected chi connectivity index (χ1v) is 7.22. The summed E-state index contributed by atoms with van der Waals surface area (Å²) in [6.07, 6.45) is 0.436. The molecule has 124 valence electrons. The van der Waals surface area contributed by atoms with Gasteiger partial charge in [0, 0.05) is 13.0 Å². The zero-order valence-corrected chi connectivity index (χ0v) is 13.1. The largest absolute Gasteiger partial charge is 0.480 e. The van der Waals surface area contributed by atoms with Gasteiger partial charge in [-0.15, -0.1) is 0 Å². The van der Waals surface area contributed by atoms with Gasteiger partial charge in [0.15, 0.2) is 0 Å². The second-order valence-electron chi connectivity index (χ2n) is 4.91. The summed E-state index contributed by atoms with van der Waals surface area (Å²) in [4.78, 5) is 37.1.